The topological polar surface area (TPSA) is 17.8 Å². The van der Waals surface area contributed by atoms with E-state index in [2.05, 4.69) is 4.98 Å². The molecule has 0 saturated carbocycles. The van der Waals surface area contributed by atoms with E-state index in [0.717, 1.165) is 16.6 Å². The van der Waals surface area contributed by atoms with Crippen LogP contribution in [-0.2, 0) is 0 Å². The van der Waals surface area contributed by atoms with Gasteiger partial charge in [0.25, 0.3) is 0 Å². The second-order valence-electron chi connectivity index (χ2n) is 4.13. The summed E-state index contributed by atoms with van der Waals surface area (Å²) in [6.45, 7) is 0. The van der Waals surface area contributed by atoms with Crippen molar-refractivity contribution >= 4 is 45.8 Å². The average Bonchev–Trinajstić information content (AvgIpc) is 2.74. The number of hydrogen-bond acceptors (Lipinski definition) is 1. The number of rotatable bonds is 2. The zero-order chi connectivity index (χ0) is 13.4. The molecule has 0 aliphatic carbocycles. The molecule has 0 radical (unpaired) electrons. The van der Waals surface area contributed by atoms with Gasteiger partial charge in [-0.1, -0.05) is 47.5 Å². The van der Waals surface area contributed by atoms with Crippen LogP contribution < -0.4 is 0 Å². The number of benzene rings is 2. The molecule has 0 saturated heterocycles. The number of imidazole rings is 1. The van der Waals surface area contributed by atoms with Crippen LogP contribution in [0.15, 0.2) is 48.5 Å². The predicted octanol–water partition coefficient (Wildman–Crippen LogP) is 5.13. The van der Waals surface area contributed by atoms with E-state index in [4.69, 9.17) is 34.8 Å². The van der Waals surface area contributed by atoms with Crippen molar-refractivity contribution in [2.45, 2.75) is 5.50 Å². The van der Waals surface area contributed by atoms with Gasteiger partial charge in [0, 0.05) is 5.02 Å². The molecule has 2 nitrogen and oxygen atoms in total. The predicted molar refractivity (Wildman–Crippen MR) is 80.2 cm³/mol. The van der Waals surface area contributed by atoms with Gasteiger partial charge in [0.2, 0.25) is 5.28 Å². The van der Waals surface area contributed by atoms with Crippen molar-refractivity contribution in [3.63, 3.8) is 0 Å². The maximum absolute atomic E-state index is 6.50. The standard InChI is InChI=1S/C14H9Cl3N2/c15-10-7-5-9(6-8-10)13(16)19-12-4-2-1-3-11(12)18-14(19)17/h1-8,13H. The summed E-state index contributed by atoms with van der Waals surface area (Å²) in [5.74, 6) is 0. The van der Waals surface area contributed by atoms with Crippen molar-refractivity contribution in [3.05, 3.63) is 64.4 Å². The monoisotopic (exact) mass is 310 g/mol. The summed E-state index contributed by atoms with van der Waals surface area (Å²) in [7, 11) is 0. The second-order valence-corrected chi connectivity index (χ2v) is 5.31. The van der Waals surface area contributed by atoms with Gasteiger partial charge < -0.3 is 0 Å². The van der Waals surface area contributed by atoms with Gasteiger partial charge in [0.05, 0.1) is 11.0 Å². The molecule has 2 aromatic carbocycles. The quantitative estimate of drug-likeness (QED) is 0.600. The van der Waals surface area contributed by atoms with Gasteiger partial charge in [0.15, 0.2) is 0 Å². The van der Waals surface area contributed by atoms with Crippen molar-refractivity contribution in [2.24, 2.45) is 0 Å². The Balaban J connectivity index is 2.13. The molecular formula is C14H9Cl3N2. The number of halogens is 3. The van der Waals surface area contributed by atoms with E-state index in [1.54, 1.807) is 16.7 Å². The van der Waals surface area contributed by atoms with Crippen LogP contribution in [0.25, 0.3) is 11.0 Å². The highest BCUT2D eigenvalue weighted by molar-refractivity contribution is 6.31. The highest BCUT2D eigenvalue weighted by Crippen LogP contribution is 2.31. The molecule has 0 spiro atoms. The van der Waals surface area contributed by atoms with E-state index in [9.17, 15) is 0 Å². The molecule has 1 aromatic heterocycles. The van der Waals surface area contributed by atoms with Gasteiger partial charge in [-0.2, -0.15) is 0 Å². The zero-order valence-electron chi connectivity index (χ0n) is 9.72. The lowest BCUT2D eigenvalue weighted by molar-refractivity contribution is 0.791. The minimum Gasteiger partial charge on any atom is -0.293 e. The van der Waals surface area contributed by atoms with Crippen molar-refractivity contribution in [2.75, 3.05) is 0 Å². The first-order valence-electron chi connectivity index (χ1n) is 5.69. The lowest BCUT2D eigenvalue weighted by Crippen LogP contribution is -2.04. The number of para-hydroxylation sites is 2. The molecule has 0 aliphatic rings. The SMILES string of the molecule is Clc1ccc(C(Cl)n2c(Cl)nc3ccccc32)cc1. The number of fused-ring (bicyclic) bond motifs is 1. The normalized spacial score (nSPS) is 12.8. The van der Waals surface area contributed by atoms with Crippen molar-refractivity contribution < 1.29 is 0 Å². The summed E-state index contributed by atoms with van der Waals surface area (Å²) in [5, 5.41) is 1.05. The maximum Gasteiger partial charge on any atom is 0.205 e. The van der Waals surface area contributed by atoms with Crippen LogP contribution in [-0.4, -0.2) is 9.55 Å². The van der Waals surface area contributed by atoms with Gasteiger partial charge in [-0.05, 0) is 41.4 Å². The summed E-state index contributed by atoms with van der Waals surface area (Å²) in [5.41, 5.74) is 2.22. The van der Waals surface area contributed by atoms with Crippen LogP contribution in [0.3, 0.4) is 0 Å². The third-order valence-electron chi connectivity index (χ3n) is 2.92. The molecule has 1 heterocycles. The molecule has 0 N–H and O–H groups in total. The molecule has 0 aliphatic heterocycles. The Labute approximate surface area is 125 Å². The third kappa shape index (κ3) is 2.32. The zero-order valence-corrected chi connectivity index (χ0v) is 12.0. The van der Waals surface area contributed by atoms with Crippen LogP contribution >= 0.6 is 34.8 Å². The smallest absolute Gasteiger partial charge is 0.205 e. The van der Waals surface area contributed by atoms with E-state index in [0.29, 0.717) is 10.3 Å². The van der Waals surface area contributed by atoms with Crippen LogP contribution in [0.4, 0.5) is 0 Å². The Morgan fingerprint density at radius 1 is 0.947 bits per heavy atom. The Hall–Kier alpha value is -1.22. The number of nitrogens with zero attached hydrogens (tertiary/aromatic N) is 2. The molecule has 96 valence electrons. The molecular weight excluding hydrogens is 303 g/mol. The van der Waals surface area contributed by atoms with Gasteiger partial charge in [-0.15, -0.1) is 0 Å². The minimum absolute atomic E-state index is 0.371. The summed E-state index contributed by atoms with van der Waals surface area (Å²) in [6, 6.07) is 15.1. The summed E-state index contributed by atoms with van der Waals surface area (Å²) >= 11 is 18.6. The molecule has 1 atom stereocenters. The Morgan fingerprint density at radius 3 is 2.37 bits per heavy atom. The van der Waals surface area contributed by atoms with Crippen molar-refractivity contribution in [1.82, 2.24) is 9.55 Å². The number of alkyl halides is 1. The highest BCUT2D eigenvalue weighted by atomic mass is 35.5. The van der Waals surface area contributed by atoms with Crippen LogP contribution in [0.5, 0.6) is 0 Å². The number of aromatic nitrogens is 2. The Bertz CT molecular complexity index is 719. The fourth-order valence-corrected chi connectivity index (χ4v) is 2.80. The lowest BCUT2D eigenvalue weighted by atomic mass is 10.2. The Morgan fingerprint density at radius 2 is 1.63 bits per heavy atom. The van der Waals surface area contributed by atoms with Gasteiger partial charge in [-0.25, -0.2) is 4.98 Å². The largest absolute Gasteiger partial charge is 0.293 e. The molecule has 19 heavy (non-hydrogen) atoms. The maximum atomic E-state index is 6.50. The van der Waals surface area contributed by atoms with Crippen LogP contribution in [0, 0.1) is 0 Å². The Kier molecular flexibility index (Phi) is 3.40. The number of hydrogen-bond donors (Lipinski definition) is 0. The molecule has 3 rings (SSSR count). The third-order valence-corrected chi connectivity index (χ3v) is 3.89. The van der Waals surface area contributed by atoms with E-state index in [1.165, 1.54) is 0 Å². The highest BCUT2D eigenvalue weighted by Gasteiger charge is 2.17. The van der Waals surface area contributed by atoms with E-state index in [1.807, 2.05) is 36.4 Å². The van der Waals surface area contributed by atoms with Gasteiger partial charge in [0.1, 0.15) is 5.50 Å². The summed E-state index contributed by atoms with van der Waals surface area (Å²) in [4.78, 5) is 4.30. The molecule has 0 fully saturated rings. The van der Waals surface area contributed by atoms with Crippen molar-refractivity contribution in [3.8, 4) is 0 Å². The van der Waals surface area contributed by atoms with Gasteiger partial charge >= 0.3 is 0 Å². The van der Waals surface area contributed by atoms with Crippen molar-refractivity contribution in [1.29, 1.82) is 0 Å². The fraction of sp³-hybridized carbons (Fsp3) is 0.0714. The molecule has 5 heteroatoms. The van der Waals surface area contributed by atoms with Crippen LogP contribution in [0.2, 0.25) is 10.3 Å². The average molecular weight is 312 g/mol. The van der Waals surface area contributed by atoms with Crippen LogP contribution in [0.1, 0.15) is 11.1 Å². The first-order valence-corrected chi connectivity index (χ1v) is 6.88. The minimum atomic E-state index is -0.419. The van der Waals surface area contributed by atoms with Gasteiger partial charge in [-0.3, -0.25) is 4.57 Å². The van der Waals surface area contributed by atoms with E-state index >= 15 is 0 Å². The first kappa shape index (κ1) is 12.8. The van der Waals surface area contributed by atoms with E-state index < -0.39 is 5.50 Å². The molecule has 1 unspecified atom stereocenters. The molecule has 3 aromatic rings. The molecule has 0 bridgehead atoms. The first-order chi connectivity index (χ1) is 9.16. The van der Waals surface area contributed by atoms with E-state index in [-0.39, 0.29) is 0 Å². The second kappa shape index (κ2) is 5.04. The fourth-order valence-electron chi connectivity index (χ4n) is 2.00. The molecule has 0 amide bonds. The summed E-state index contributed by atoms with van der Waals surface area (Å²) in [6.07, 6.45) is 0. The summed E-state index contributed by atoms with van der Waals surface area (Å²) < 4.78 is 1.79. The lowest BCUT2D eigenvalue weighted by Gasteiger charge is -2.14.